The molecule has 0 unspecified atom stereocenters. The number of fused-ring (bicyclic) bond motifs is 3. The monoisotopic (exact) mass is 376 g/mol. The first-order valence-electron chi connectivity index (χ1n) is 8.88. The van der Waals surface area contributed by atoms with Gasteiger partial charge in [-0.15, -0.1) is 10.2 Å². The maximum atomic E-state index is 5.33. The number of hydrazone groups is 1. The van der Waals surface area contributed by atoms with Gasteiger partial charge < -0.3 is 14.5 Å². The zero-order valence-corrected chi connectivity index (χ0v) is 15.9. The molecule has 142 valence electrons. The molecule has 0 aliphatic heterocycles. The summed E-state index contributed by atoms with van der Waals surface area (Å²) in [6.45, 7) is 2.12. The first kappa shape index (κ1) is 17.7. The predicted molar refractivity (Wildman–Crippen MR) is 109 cm³/mol. The second-order valence-electron chi connectivity index (χ2n) is 6.17. The minimum Gasteiger partial charge on any atom is -0.497 e. The minimum atomic E-state index is 0.299. The highest BCUT2D eigenvalue weighted by Crippen LogP contribution is 2.24. The number of nitrogens with zero attached hydrogens (tertiary/aromatic N) is 4. The van der Waals surface area contributed by atoms with Gasteiger partial charge in [-0.3, -0.25) is 0 Å². The molecule has 0 radical (unpaired) electrons. The third kappa shape index (κ3) is 3.32. The van der Waals surface area contributed by atoms with Crippen LogP contribution in [-0.4, -0.2) is 40.6 Å². The van der Waals surface area contributed by atoms with Crippen molar-refractivity contribution in [1.82, 2.24) is 20.2 Å². The van der Waals surface area contributed by atoms with Crippen LogP contribution in [0.2, 0.25) is 0 Å². The lowest BCUT2D eigenvalue weighted by atomic mass is 10.1. The van der Waals surface area contributed by atoms with Gasteiger partial charge in [-0.05, 0) is 42.3 Å². The van der Waals surface area contributed by atoms with Crippen molar-refractivity contribution in [1.29, 1.82) is 0 Å². The molecular formula is C20H20N6O2. The molecule has 8 nitrogen and oxygen atoms in total. The van der Waals surface area contributed by atoms with Crippen LogP contribution >= 0.6 is 0 Å². The Hall–Kier alpha value is -3.68. The van der Waals surface area contributed by atoms with Crippen LogP contribution in [0.5, 0.6) is 11.5 Å². The van der Waals surface area contributed by atoms with Crippen LogP contribution in [0.25, 0.3) is 22.1 Å². The molecule has 28 heavy (non-hydrogen) atoms. The Morgan fingerprint density at radius 2 is 2.00 bits per heavy atom. The predicted octanol–water partition coefficient (Wildman–Crippen LogP) is 3.53. The van der Waals surface area contributed by atoms with E-state index in [4.69, 9.17) is 9.47 Å². The highest BCUT2D eigenvalue weighted by atomic mass is 16.5. The van der Waals surface area contributed by atoms with Crippen LogP contribution in [0.3, 0.4) is 0 Å². The number of hydrogen-bond acceptors (Lipinski definition) is 7. The Labute approximate surface area is 161 Å². The molecule has 0 saturated carbocycles. The van der Waals surface area contributed by atoms with E-state index in [1.807, 2.05) is 24.3 Å². The lowest BCUT2D eigenvalue weighted by molar-refractivity contribution is 0.402. The van der Waals surface area contributed by atoms with Gasteiger partial charge in [0.05, 0.1) is 20.4 Å². The van der Waals surface area contributed by atoms with E-state index in [0.717, 1.165) is 28.4 Å². The van der Waals surface area contributed by atoms with Crippen molar-refractivity contribution >= 4 is 34.2 Å². The van der Waals surface area contributed by atoms with Crippen molar-refractivity contribution in [2.24, 2.45) is 5.10 Å². The van der Waals surface area contributed by atoms with E-state index in [0.29, 0.717) is 23.1 Å². The number of aromatic amines is 1. The topological polar surface area (TPSA) is 97.3 Å². The Balaban J connectivity index is 1.60. The summed E-state index contributed by atoms with van der Waals surface area (Å²) in [7, 11) is 3.22. The first-order valence-corrected chi connectivity index (χ1v) is 8.88. The fraction of sp³-hybridized carbons (Fsp3) is 0.200. The van der Waals surface area contributed by atoms with Crippen LogP contribution in [-0.2, 0) is 6.42 Å². The van der Waals surface area contributed by atoms with Gasteiger partial charge in [0.25, 0.3) is 5.95 Å². The number of nitrogens with one attached hydrogen (secondary N) is 2. The lowest BCUT2D eigenvalue weighted by Gasteiger charge is -2.06. The van der Waals surface area contributed by atoms with Crippen molar-refractivity contribution in [3.05, 3.63) is 47.5 Å². The lowest BCUT2D eigenvalue weighted by Crippen LogP contribution is -2.00. The number of benzene rings is 2. The molecule has 0 saturated heterocycles. The fourth-order valence-corrected chi connectivity index (χ4v) is 2.99. The summed E-state index contributed by atoms with van der Waals surface area (Å²) in [4.78, 5) is 7.73. The van der Waals surface area contributed by atoms with Crippen molar-refractivity contribution in [3.8, 4) is 11.5 Å². The number of hydrogen-bond donors (Lipinski definition) is 2. The van der Waals surface area contributed by atoms with Crippen LogP contribution in [0.15, 0.2) is 41.5 Å². The second-order valence-corrected chi connectivity index (χ2v) is 6.17. The Kier molecular flexibility index (Phi) is 4.76. The summed E-state index contributed by atoms with van der Waals surface area (Å²) < 4.78 is 10.6. The zero-order chi connectivity index (χ0) is 19.5. The van der Waals surface area contributed by atoms with E-state index >= 15 is 0 Å². The molecule has 0 fully saturated rings. The van der Waals surface area contributed by atoms with Crippen LogP contribution in [0, 0.1) is 0 Å². The number of aryl methyl sites for hydroxylation is 1. The normalized spacial score (nSPS) is 11.4. The molecule has 0 bridgehead atoms. The van der Waals surface area contributed by atoms with Crippen molar-refractivity contribution < 1.29 is 9.47 Å². The average molecular weight is 376 g/mol. The maximum Gasteiger partial charge on any atom is 0.265 e. The quantitative estimate of drug-likeness (QED) is 0.395. The summed E-state index contributed by atoms with van der Waals surface area (Å²) in [5.74, 6) is 1.70. The summed E-state index contributed by atoms with van der Waals surface area (Å²) >= 11 is 0. The van der Waals surface area contributed by atoms with E-state index in [-0.39, 0.29) is 0 Å². The van der Waals surface area contributed by atoms with Gasteiger partial charge in [-0.25, -0.2) is 5.43 Å². The number of H-pyrrole nitrogens is 1. The van der Waals surface area contributed by atoms with Crippen LogP contribution in [0.4, 0.5) is 5.95 Å². The smallest absolute Gasteiger partial charge is 0.265 e. The largest absolute Gasteiger partial charge is 0.497 e. The number of ether oxygens (including phenoxy) is 2. The Bertz CT molecular complexity index is 1170. The maximum absolute atomic E-state index is 5.33. The molecule has 0 atom stereocenters. The molecule has 0 amide bonds. The van der Waals surface area contributed by atoms with Crippen molar-refractivity contribution in [2.45, 2.75) is 13.3 Å². The number of anilines is 1. The standard InChI is InChI=1S/C20H20N6O2/c1-4-12-5-7-16-15(9-12)18-19(22-16)23-20(26-24-18)25-21-11-13-10-14(27-2)6-8-17(13)28-3/h5-11H,4H2,1-3H3,(H2,22,23,25,26)/b21-11-. The van der Waals surface area contributed by atoms with Gasteiger partial charge in [0.2, 0.25) is 0 Å². The second kappa shape index (κ2) is 7.51. The molecule has 0 aliphatic carbocycles. The Morgan fingerprint density at radius 3 is 2.79 bits per heavy atom. The van der Waals surface area contributed by atoms with E-state index in [1.165, 1.54) is 5.56 Å². The number of aromatic nitrogens is 4. The van der Waals surface area contributed by atoms with E-state index in [1.54, 1.807) is 20.4 Å². The molecule has 2 aromatic carbocycles. The molecule has 4 aromatic rings. The third-order valence-electron chi connectivity index (χ3n) is 4.49. The van der Waals surface area contributed by atoms with Gasteiger partial charge in [-0.2, -0.15) is 10.1 Å². The van der Waals surface area contributed by atoms with Crippen molar-refractivity contribution in [3.63, 3.8) is 0 Å². The molecule has 2 N–H and O–H groups in total. The SMILES string of the molecule is CCc1ccc2[nH]c3nc(N/N=C\c4cc(OC)ccc4OC)nnc3c2c1. The molecule has 8 heteroatoms. The number of methoxy groups -OCH3 is 2. The first-order chi connectivity index (χ1) is 13.7. The molecular weight excluding hydrogens is 356 g/mol. The molecule has 0 spiro atoms. The molecule has 4 rings (SSSR count). The van der Waals surface area contributed by atoms with Gasteiger partial charge in [0.15, 0.2) is 5.65 Å². The Morgan fingerprint density at radius 1 is 1.11 bits per heavy atom. The van der Waals surface area contributed by atoms with Crippen LogP contribution in [0.1, 0.15) is 18.1 Å². The minimum absolute atomic E-state index is 0.299. The van der Waals surface area contributed by atoms with Crippen molar-refractivity contribution in [2.75, 3.05) is 19.6 Å². The fourth-order valence-electron chi connectivity index (χ4n) is 2.99. The highest BCUT2D eigenvalue weighted by molar-refractivity contribution is 6.03. The number of rotatable bonds is 6. The molecule has 0 aliphatic rings. The molecule has 2 aromatic heterocycles. The van der Waals surface area contributed by atoms with Gasteiger partial charge in [0, 0.05) is 16.5 Å². The highest BCUT2D eigenvalue weighted by Gasteiger charge is 2.09. The van der Waals surface area contributed by atoms with E-state index in [2.05, 4.69) is 49.7 Å². The van der Waals surface area contributed by atoms with E-state index < -0.39 is 0 Å². The van der Waals surface area contributed by atoms with E-state index in [9.17, 15) is 0 Å². The van der Waals surface area contributed by atoms with Gasteiger partial charge >= 0.3 is 0 Å². The summed E-state index contributed by atoms with van der Waals surface area (Å²) in [5, 5.41) is 13.7. The van der Waals surface area contributed by atoms with Gasteiger partial charge in [0.1, 0.15) is 17.0 Å². The zero-order valence-electron chi connectivity index (χ0n) is 15.9. The summed E-state index contributed by atoms with van der Waals surface area (Å²) in [6.07, 6.45) is 2.58. The third-order valence-corrected chi connectivity index (χ3v) is 4.49. The summed E-state index contributed by atoms with van der Waals surface area (Å²) in [5.41, 5.74) is 7.21. The molecule has 2 heterocycles. The average Bonchev–Trinajstić information content (AvgIpc) is 3.10. The summed E-state index contributed by atoms with van der Waals surface area (Å²) in [6, 6.07) is 11.7. The van der Waals surface area contributed by atoms with Gasteiger partial charge in [-0.1, -0.05) is 13.0 Å². The van der Waals surface area contributed by atoms with Crippen LogP contribution < -0.4 is 14.9 Å².